The molecule has 2 fully saturated rings. The van der Waals surface area contributed by atoms with Gasteiger partial charge in [-0.2, -0.15) is 0 Å². The van der Waals surface area contributed by atoms with Gasteiger partial charge < -0.3 is 20.1 Å². The van der Waals surface area contributed by atoms with Crippen LogP contribution >= 0.6 is 0 Å². The number of morpholine rings is 1. The smallest absolute Gasteiger partial charge is 0.252 e. The number of ether oxygens (including phenoxy) is 1. The number of carbonyl (C=O) groups excluding carboxylic acids is 1. The van der Waals surface area contributed by atoms with Gasteiger partial charge in [-0.15, -0.1) is 0 Å². The number of nitrogens with one attached hydrogen (secondary N) is 1. The molecule has 1 saturated carbocycles. The summed E-state index contributed by atoms with van der Waals surface area (Å²) in [5.41, 5.74) is 0. The van der Waals surface area contributed by atoms with Gasteiger partial charge in [-0.05, 0) is 18.8 Å². The molecule has 0 aromatic heterocycles. The highest BCUT2D eigenvalue weighted by molar-refractivity contribution is 5.81. The molecule has 0 spiro atoms. The van der Waals surface area contributed by atoms with Crippen LogP contribution in [0.2, 0.25) is 0 Å². The third-order valence-corrected chi connectivity index (χ3v) is 3.32. The zero-order valence-electron chi connectivity index (χ0n) is 9.69. The van der Waals surface area contributed by atoms with Crippen molar-refractivity contribution in [3.63, 3.8) is 0 Å². The first-order chi connectivity index (χ1) is 7.66. The minimum absolute atomic E-state index is 0.0496. The predicted octanol–water partition coefficient (Wildman–Crippen LogP) is -0.796. The first-order valence-corrected chi connectivity index (χ1v) is 5.92. The van der Waals surface area contributed by atoms with Crippen LogP contribution in [0, 0.1) is 5.92 Å². The molecule has 1 heterocycles. The third kappa shape index (κ3) is 2.72. The number of carbonyl (C=O) groups is 1. The van der Waals surface area contributed by atoms with Crippen molar-refractivity contribution in [3.8, 4) is 0 Å². The van der Waals surface area contributed by atoms with Gasteiger partial charge in [0.1, 0.15) is 6.10 Å². The monoisotopic (exact) mass is 228 g/mol. The van der Waals surface area contributed by atoms with Gasteiger partial charge in [-0.3, -0.25) is 4.79 Å². The Morgan fingerprint density at radius 3 is 2.88 bits per heavy atom. The van der Waals surface area contributed by atoms with Crippen LogP contribution in [0.4, 0.5) is 0 Å². The normalized spacial score (nSPS) is 34.2. The van der Waals surface area contributed by atoms with E-state index in [2.05, 4.69) is 5.32 Å². The Balaban J connectivity index is 1.74. The van der Waals surface area contributed by atoms with E-state index in [0.717, 1.165) is 25.9 Å². The van der Waals surface area contributed by atoms with Crippen LogP contribution in [0.15, 0.2) is 0 Å². The molecule has 2 N–H and O–H groups in total. The highest BCUT2D eigenvalue weighted by Crippen LogP contribution is 2.27. The fourth-order valence-corrected chi connectivity index (χ4v) is 2.30. The van der Waals surface area contributed by atoms with E-state index in [1.165, 1.54) is 0 Å². The first-order valence-electron chi connectivity index (χ1n) is 5.92. The predicted molar refractivity (Wildman–Crippen MR) is 59.0 cm³/mol. The molecule has 0 aromatic carbocycles. The van der Waals surface area contributed by atoms with Crippen molar-refractivity contribution >= 4 is 5.91 Å². The van der Waals surface area contributed by atoms with Crippen molar-refractivity contribution in [2.45, 2.75) is 25.0 Å². The topological polar surface area (TPSA) is 61.8 Å². The van der Waals surface area contributed by atoms with E-state index in [4.69, 9.17) is 4.74 Å². The maximum absolute atomic E-state index is 12.0. The molecule has 16 heavy (non-hydrogen) atoms. The molecule has 0 bridgehead atoms. The fraction of sp³-hybridized carbons (Fsp3) is 0.909. The maximum Gasteiger partial charge on any atom is 0.252 e. The van der Waals surface area contributed by atoms with Crippen LogP contribution in [0.1, 0.15) is 12.8 Å². The van der Waals surface area contributed by atoms with Crippen molar-refractivity contribution in [2.24, 2.45) is 5.92 Å². The van der Waals surface area contributed by atoms with Gasteiger partial charge in [0.15, 0.2) is 0 Å². The second-order valence-corrected chi connectivity index (χ2v) is 4.77. The quantitative estimate of drug-likeness (QED) is 0.664. The van der Waals surface area contributed by atoms with E-state index in [1.54, 1.807) is 4.90 Å². The number of amides is 1. The molecule has 0 aromatic rings. The number of likely N-dealkylation sites (N-methyl/N-ethyl adjacent to an activating group) is 1. The second kappa shape index (κ2) is 5.12. The van der Waals surface area contributed by atoms with E-state index in [0.29, 0.717) is 19.1 Å². The average Bonchev–Trinajstić information content (AvgIpc) is 2.27. The van der Waals surface area contributed by atoms with Crippen LogP contribution in [-0.2, 0) is 9.53 Å². The minimum Gasteiger partial charge on any atom is -0.393 e. The lowest BCUT2D eigenvalue weighted by atomic mass is 9.82. The van der Waals surface area contributed by atoms with Crippen LogP contribution in [0.25, 0.3) is 0 Å². The zero-order chi connectivity index (χ0) is 11.5. The summed E-state index contributed by atoms with van der Waals surface area (Å²) in [6, 6.07) is 0. The van der Waals surface area contributed by atoms with E-state index in [9.17, 15) is 9.90 Å². The number of hydrogen-bond acceptors (Lipinski definition) is 4. The highest BCUT2D eigenvalue weighted by Gasteiger charge is 2.31. The van der Waals surface area contributed by atoms with Crippen molar-refractivity contribution in [2.75, 3.05) is 33.3 Å². The lowest BCUT2D eigenvalue weighted by Gasteiger charge is -2.35. The van der Waals surface area contributed by atoms with Crippen molar-refractivity contribution < 1.29 is 14.6 Å². The van der Waals surface area contributed by atoms with Crippen LogP contribution in [0.5, 0.6) is 0 Å². The summed E-state index contributed by atoms with van der Waals surface area (Å²) >= 11 is 0. The number of aliphatic hydroxyl groups excluding tert-OH is 1. The Hall–Kier alpha value is -0.650. The SMILES string of the molecule is CN(CC1CC(O)C1)C(=O)C1CNCCO1. The molecule has 1 saturated heterocycles. The molecule has 5 nitrogen and oxygen atoms in total. The molecule has 2 aliphatic rings. The summed E-state index contributed by atoms with van der Waals surface area (Å²) in [6.45, 7) is 2.76. The second-order valence-electron chi connectivity index (χ2n) is 4.77. The summed E-state index contributed by atoms with van der Waals surface area (Å²) < 4.78 is 5.41. The van der Waals surface area contributed by atoms with E-state index < -0.39 is 0 Å². The van der Waals surface area contributed by atoms with Crippen LogP contribution in [-0.4, -0.2) is 61.4 Å². The van der Waals surface area contributed by atoms with E-state index in [1.807, 2.05) is 7.05 Å². The van der Waals surface area contributed by atoms with Crippen molar-refractivity contribution in [3.05, 3.63) is 0 Å². The fourth-order valence-electron chi connectivity index (χ4n) is 2.30. The zero-order valence-corrected chi connectivity index (χ0v) is 9.69. The number of aliphatic hydroxyl groups is 1. The largest absolute Gasteiger partial charge is 0.393 e. The van der Waals surface area contributed by atoms with Crippen molar-refractivity contribution in [1.29, 1.82) is 0 Å². The minimum atomic E-state index is -0.330. The Kier molecular flexibility index (Phi) is 3.78. The Morgan fingerprint density at radius 2 is 2.31 bits per heavy atom. The van der Waals surface area contributed by atoms with Crippen LogP contribution in [0.3, 0.4) is 0 Å². The molecule has 1 amide bonds. The lowest BCUT2D eigenvalue weighted by molar-refractivity contribution is -0.145. The Morgan fingerprint density at radius 1 is 1.56 bits per heavy atom. The molecule has 2 rings (SSSR count). The Labute approximate surface area is 95.8 Å². The maximum atomic E-state index is 12.0. The molecular formula is C11H20N2O3. The lowest BCUT2D eigenvalue weighted by Crippen LogP contribution is -2.50. The average molecular weight is 228 g/mol. The van der Waals surface area contributed by atoms with Crippen molar-refractivity contribution in [1.82, 2.24) is 10.2 Å². The van der Waals surface area contributed by atoms with Gasteiger partial charge in [0, 0.05) is 26.7 Å². The van der Waals surface area contributed by atoms with Gasteiger partial charge in [-0.1, -0.05) is 0 Å². The standard InChI is InChI=1S/C11H20N2O3/c1-13(7-8-4-9(14)5-8)11(15)10-6-12-2-3-16-10/h8-10,12,14H,2-7H2,1H3. The summed E-state index contributed by atoms with van der Waals surface area (Å²) in [5.74, 6) is 0.508. The Bertz CT molecular complexity index is 248. The molecule has 1 unspecified atom stereocenters. The van der Waals surface area contributed by atoms with E-state index in [-0.39, 0.29) is 18.1 Å². The van der Waals surface area contributed by atoms with Gasteiger partial charge in [0.05, 0.1) is 12.7 Å². The number of hydrogen-bond donors (Lipinski definition) is 2. The molecule has 92 valence electrons. The molecule has 0 radical (unpaired) electrons. The van der Waals surface area contributed by atoms with Crippen LogP contribution < -0.4 is 5.32 Å². The summed E-state index contributed by atoms with van der Waals surface area (Å²) in [4.78, 5) is 13.7. The third-order valence-electron chi connectivity index (χ3n) is 3.32. The molecular weight excluding hydrogens is 208 g/mol. The number of nitrogens with zero attached hydrogens (tertiary/aromatic N) is 1. The van der Waals surface area contributed by atoms with Gasteiger partial charge >= 0.3 is 0 Å². The number of rotatable bonds is 3. The summed E-state index contributed by atoms with van der Waals surface area (Å²) in [6.07, 6.45) is 1.16. The van der Waals surface area contributed by atoms with Gasteiger partial charge in [-0.25, -0.2) is 0 Å². The molecule has 5 heteroatoms. The molecule has 1 aliphatic heterocycles. The molecule has 1 aliphatic carbocycles. The van der Waals surface area contributed by atoms with Gasteiger partial charge in [0.25, 0.3) is 5.91 Å². The highest BCUT2D eigenvalue weighted by atomic mass is 16.5. The summed E-state index contributed by atoms with van der Waals surface area (Å²) in [7, 11) is 1.81. The van der Waals surface area contributed by atoms with E-state index >= 15 is 0 Å². The van der Waals surface area contributed by atoms with Gasteiger partial charge in [0.2, 0.25) is 0 Å². The summed E-state index contributed by atoms with van der Waals surface area (Å²) in [5, 5.41) is 12.3. The first kappa shape index (κ1) is 11.8. The molecule has 1 atom stereocenters.